The Hall–Kier alpha value is -0.780. The molecule has 0 bridgehead atoms. The van der Waals surface area contributed by atoms with Gasteiger partial charge in [-0.2, -0.15) is 0 Å². The van der Waals surface area contributed by atoms with E-state index in [1.54, 1.807) is 0 Å². The van der Waals surface area contributed by atoms with Gasteiger partial charge in [0.05, 0.1) is 0 Å². The summed E-state index contributed by atoms with van der Waals surface area (Å²) < 4.78 is 0. The molecule has 14 heavy (non-hydrogen) atoms. The van der Waals surface area contributed by atoms with Crippen LogP contribution in [-0.2, 0) is 0 Å². The van der Waals surface area contributed by atoms with Gasteiger partial charge in [0.15, 0.2) is 0 Å². The molecule has 0 heteroatoms. The van der Waals surface area contributed by atoms with Crippen LogP contribution in [-0.4, -0.2) is 0 Å². The summed E-state index contributed by atoms with van der Waals surface area (Å²) in [6.07, 6.45) is 5.54. The van der Waals surface area contributed by atoms with Crippen LogP contribution in [0.3, 0.4) is 0 Å². The monoisotopic (exact) mass is 187 g/mol. The van der Waals surface area contributed by atoms with Gasteiger partial charge in [0.25, 0.3) is 0 Å². The Kier molecular flexibility index (Phi) is 2.90. The summed E-state index contributed by atoms with van der Waals surface area (Å²) in [5, 5.41) is 0. The summed E-state index contributed by atoms with van der Waals surface area (Å²) >= 11 is 0. The average molecular weight is 187 g/mol. The van der Waals surface area contributed by atoms with Gasteiger partial charge in [-0.05, 0) is 48.8 Å². The minimum atomic E-state index is 0.777. The topological polar surface area (TPSA) is 0 Å². The highest BCUT2D eigenvalue weighted by atomic mass is 14.2. The minimum Gasteiger partial charge on any atom is -0.0625 e. The standard InChI is InChI=1S/C14H19/c1-11-5-3-7-13(9-11)14-8-4-6-12(2)10-14/h3,5,7,12,14H,4,6,8,10H2,1-2H3. The van der Waals surface area contributed by atoms with E-state index in [1.165, 1.54) is 36.8 Å². The lowest BCUT2D eigenvalue weighted by molar-refractivity contribution is 0.344. The van der Waals surface area contributed by atoms with E-state index in [1.807, 2.05) is 0 Å². The van der Waals surface area contributed by atoms with Gasteiger partial charge in [-0.1, -0.05) is 38.0 Å². The zero-order valence-electron chi connectivity index (χ0n) is 9.22. The van der Waals surface area contributed by atoms with Crippen LogP contribution in [0.2, 0.25) is 0 Å². The molecule has 0 N–H and O–H groups in total. The van der Waals surface area contributed by atoms with Crippen LogP contribution in [0.25, 0.3) is 0 Å². The van der Waals surface area contributed by atoms with E-state index in [0.717, 1.165) is 11.8 Å². The van der Waals surface area contributed by atoms with Gasteiger partial charge >= 0.3 is 0 Å². The van der Waals surface area contributed by atoms with Crippen LogP contribution in [0.5, 0.6) is 0 Å². The van der Waals surface area contributed by atoms with E-state index < -0.39 is 0 Å². The lowest BCUT2D eigenvalue weighted by Gasteiger charge is -2.27. The number of rotatable bonds is 1. The van der Waals surface area contributed by atoms with Gasteiger partial charge in [0, 0.05) is 0 Å². The highest BCUT2D eigenvalue weighted by Gasteiger charge is 2.20. The van der Waals surface area contributed by atoms with Crippen molar-refractivity contribution in [3.8, 4) is 0 Å². The fraction of sp³-hybridized carbons (Fsp3) is 0.571. The summed E-state index contributed by atoms with van der Waals surface area (Å²) in [6, 6.07) is 10.0. The molecule has 1 aromatic rings. The van der Waals surface area contributed by atoms with Crippen molar-refractivity contribution < 1.29 is 0 Å². The third kappa shape index (κ3) is 2.17. The van der Waals surface area contributed by atoms with Crippen LogP contribution in [0.1, 0.15) is 49.7 Å². The maximum atomic E-state index is 3.50. The van der Waals surface area contributed by atoms with Crippen molar-refractivity contribution in [2.24, 2.45) is 5.92 Å². The summed E-state index contributed by atoms with van der Waals surface area (Å²) in [4.78, 5) is 0. The van der Waals surface area contributed by atoms with Gasteiger partial charge in [-0.3, -0.25) is 0 Å². The van der Waals surface area contributed by atoms with Crippen molar-refractivity contribution in [3.05, 3.63) is 35.4 Å². The molecule has 1 aliphatic carbocycles. The fourth-order valence-electron chi connectivity index (χ4n) is 2.56. The first kappa shape index (κ1) is 9.76. The van der Waals surface area contributed by atoms with Crippen LogP contribution < -0.4 is 0 Å². The van der Waals surface area contributed by atoms with Crippen LogP contribution in [0.4, 0.5) is 0 Å². The molecule has 1 aliphatic rings. The third-order valence-corrected chi connectivity index (χ3v) is 3.34. The smallest absolute Gasteiger partial charge is 0.0114 e. The molecule has 1 saturated carbocycles. The molecule has 2 atom stereocenters. The quantitative estimate of drug-likeness (QED) is 0.621. The molecule has 0 amide bonds. The normalized spacial score (nSPS) is 27.6. The van der Waals surface area contributed by atoms with Gasteiger partial charge in [-0.25, -0.2) is 0 Å². The van der Waals surface area contributed by atoms with Gasteiger partial charge in [0.1, 0.15) is 0 Å². The molecule has 0 saturated heterocycles. The SMILES string of the molecule is Cc1[c]c(C2CCCC(C)C2)ccc1. The molecule has 0 aromatic heterocycles. The highest BCUT2D eigenvalue weighted by Crippen LogP contribution is 2.35. The van der Waals surface area contributed by atoms with Gasteiger partial charge < -0.3 is 0 Å². The average Bonchev–Trinajstić information content (AvgIpc) is 2.18. The van der Waals surface area contributed by atoms with E-state index in [4.69, 9.17) is 0 Å². The summed E-state index contributed by atoms with van der Waals surface area (Å²) in [5.74, 6) is 1.68. The maximum absolute atomic E-state index is 3.50. The minimum absolute atomic E-state index is 0.777. The van der Waals surface area contributed by atoms with E-state index in [0.29, 0.717) is 0 Å². The summed E-state index contributed by atoms with van der Waals surface area (Å²) in [6.45, 7) is 4.51. The van der Waals surface area contributed by atoms with Crippen molar-refractivity contribution in [2.45, 2.75) is 45.4 Å². The van der Waals surface area contributed by atoms with Gasteiger partial charge in [-0.15, -0.1) is 0 Å². The van der Waals surface area contributed by atoms with Crippen molar-refractivity contribution in [1.82, 2.24) is 0 Å². The first-order valence-electron chi connectivity index (χ1n) is 5.74. The molecule has 1 aromatic carbocycles. The van der Waals surface area contributed by atoms with Crippen molar-refractivity contribution in [2.75, 3.05) is 0 Å². The number of benzene rings is 1. The molecule has 0 spiro atoms. The molecule has 0 heterocycles. The third-order valence-electron chi connectivity index (χ3n) is 3.34. The van der Waals surface area contributed by atoms with E-state index in [9.17, 15) is 0 Å². The first-order chi connectivity index (χ1) is 6.75. The maximum Gasteiger partial charge on any atom is -0.0114 e. The second kappa shape index (κ2) is 4.16. The Morgan fingerprint density at radius 1 is 1.29 bits per heavy atom. The molecule has 75 valence electrons. The van der Waals surface area contributed by atoms with Crippen molar-refractivity contribution in [3.63, 3.8) is 0 Å². The van der Waals surface area contributed by atoms with Crippen molar-refractivity contribution >= 4 is 0 Å². The second-order valence-corrected chi connectivity index (χ2v) is 4.76. The first-order valence-corrected chi connectivity index (χ1v) is 5.74. The molecule has 2 rings (SSSR count). The van der Waals surface area contributed by atoms with E-state index in [2.05, 4.69) is 38.1 Å². The lowest BCUT2D eigenvalue weighted by Crippen LogP contribution is -2.11. The Balaban J connectivity index is 2.14. The van der Waals surface area contributed by atoms with Gasteiger partial charge in [0.2, 0.25) is 0 Å². The van der Waals surface area contributed by atoms with Crippen LogP contribution in [0.15, 0.2) is 18.2 Å². The summed E-state index contributed by atoms with van der Waals surface area (Å²) in [7, 11) is 0. The van der Waals surface area contributed by atoms with E-state index in [-0.39, 0.29) is 0 Å². The van der Waals surface area contributed by atoms with E-state index >= 15 is 0 Å². The number of hydrogen-bond donors (Lipinski definition) is 0. The Morgan fingerprint density at radius 3 is 2.86 bits per heavy atom. The molecule has 2 unspecified atom stereocenters. The summed E-state index contributed by atoms with van der Waals surface area (Å²) in [5.41, 5.74) is 2.72. The fourth-order valence-corrected chi connectivity index (χ4v) is 2.56. The Morgan fingerprint density at radius 2 is 2.14 bits per heavy atom. The zero-order chi connectivity index (χ0) is 9.97. The molecule has 0 aliphatic heterocycles. The largest absolute Gasteiger partial charge is 0.0625 e. The molecular formula is C14H19. The predicted molar refractivity (Wildman–Crippen MR) is 60.4 cm³/mol. The molecule has 1 radical (unpaired) electrons. The Bertz CT molecular complexity index is 301. The highest BCUT2D eigenvalue weighted by molar-refractivity contribution is 5.24. The van der Waals surface area contributed by atoms with Crippen LogP contribution >= 0.6 is 0 Å². The zero-order valence-corrected chi connectivity index (χ0v) is 9.22. The second-order valence-electron chi connectivity index (χ2n) is 4.76. The molecular weight excluding hydrogens is 168 g/mol. The lowest BCUT2D eigenvalue weighted by atomic mass is 9.78. The van der Waals surface area contributed by atoms with Crippen LogP contribution in [0, 0.1) is 18.9 Å². The van der Waals surface area contributed by atoms with Crippen molar-refractivity contribution in [1.29, 1.82) is 0 Å². The Labute approximate surface area is 87.3 Å². The number of aryl methyl sites for hydroxylation is 1. The molecule has 1 fully saturated rings. The number of hydrogen-bond acceptors (Lipinski definition) is 0. The predicted octanol–water partition coefficient (Wildman–Crippen LogP) is 4.09. The molecule has 0 nitrogen and oxygen atoms in total.